The molecule has 0 aliphatic carbocycles. The van der Waals surface area contributed by atoms with Gasteiger partial charge in [0.15, 0.2) is 0 Å². The quantitative estimate of drug-likeness (QED) is 0.638. The molecule has 0 radical (unpaired) electrons. The van der Waals surface area contributed by atoms with Gasteiger partial charge >= 0.3 is 0 Å². The van der Waals surface area contributed by atoms with E-state index in [0.717, 1.165) is 0 Å². The SMILES string of the molecule is CC1(C)NC1(C)C.CC1(C)OC1(C)C.CC1(C)SC1(C)C. The fourth-order valence-electron chi connectivity index (χ4n) is 1.97. The van der Waals surface area contributed by atoms with Gasteiger partial charge in [0.1, 0.15) is 0 Å². The summed E-state index contributed by atoms with van der Waals surface area (Å²) in [5, 5.41) is 3.35. The first kappa shape index (κ1) is 19.3. The van der Waals surface area contributed by atoms with Gasteiger partial charge in [-0.3, -0.25) is 0 Å². The first-order valence-corrected chi connectivity index (χ1v) is 8.88. The van der Waals surface area contributed by atoms with Crippen LogP contribution in [0.4, 0.5) is 0 Å². The van der Waals surface area contributed by atoms with Crippen LogP contribution in [0.15, 0.2) is 0 Å². The maximum Gasteiger partial charge on any atom is 0.0918 e. The largest absolute Gasteiger partial charge is 0.364 e. The van der Waals surface area contributed by atoms with Crippen LogP contribution in [0.3, 0.4) is 0 Å². The molecule has 0 atom stereocenters. The molecule has 126 valence electrons. The highest BCUT2D eigenvalue weighted by atomic mass is 32.2. The van der Waals surface area contributed by atoms with Crippen LogP contribution in [-0.4, -0.2) is 31.8 Å². The molecule has 1 N–H and O–H groups in total. The number of ether oxygens (including phenoxy) is 1. The van der Waals surface area contributed by atoms with Crippen molar-refractivity contribution in [2.75, 3.05) is 0 Å². The Labute approximate surface area is 137 Å². The van der Waals surface area contributed by atoms with E-state index in [4.69, 9.17) is 4.74 Å². The third-order valence-electron chi connectivity index (χ3n) is 5.96. The normalized spacial score (nSPS) is 32.6. The van der Waals surface area contributed by atoms with Gasteiger partial charge in [-0.2, -0.15) is 0 Å². The molecule has 2 nitrogen and oxygen atoms in total. The first-order valence-electron chi connectivity index (χ1n) is 8.07. The van der Waals surface area contributed by atoms with Crippen molar-refractivity contribution in [1.29, 1.82) is 0 Å². The first-order chi connectivity index (χ1) is 8.87. The molecule has 0 saturated carbocycles. The molecule has 3 aliphatic heterocycles. The molecule has 3 aliphatic rings. The summed E-state index contributed by atoms with van der Waals surface area (Å²) in [6, 6.07) is 0. The molecule has 0 unspecified atom stereocenters. The average molecular weight is 316 g/mol. The van der Waals surface area contributed by atoms with E-state index >= 15 is 0 Å². The van der Waals surface area contributed by atoms with E-state index in [1.165, 1.54) is 0 Å². The fourth-order valence-corrected chi connectivity index (χ4v) is 3.20. The molecule has 3 rings (SSSR count). The summed E-state index contributed by atoms with van der Waals surface area (Å²) >= 11 is 2.05. The summed E-state index contributed by atoms with van der Waals surface area (Å²) in [4.78, 5) is 0. The van der Waals surface area contributed by atoms with E-state index in [9.17, 15) is 0 Å². The van der Waals surface area contributed by atoms with E-state index in [0.29, 0.717) is 20.6 Å². The summed E-state index contributed by atoms with van der Waals surface area (Å²) in [7, 11) is 0. The van der Waals surface area contributed by atoms with Crippen LogP contribution >= 0.6 is 11.8 Å². The molecule has 3 fully saturated rings. The highest BCUT2D eigenvalue weighted by Gasteiger charge is 2.56. The second-order valence-electron chi connectivity index (χ2n) is 9.62. The third kappa shape index (κ3) is 4.39. The number of rotatable bonds is 0. The van der Waals surface area contributed by atoms with Gasteiger partial charge in [-0.25, -0.2) is 0 Å². The topological polar surface area (TPSA) is 34.5 Å². The standard InChI is InChI=1S/C6H13N.C6H12O.C6H12S/c3*1-5(2)6(3,4)7-5/h7H,1-4H3;2*1-4H3. The predicted molar refractivity (Wildman–Crippen MR) is 96.3 cm³/mol. The summed E-state index contributed by atoms with van der Waals surface area (Å²) < 4.78 is 6.42. The highest BCUT2D eigenvalue weighted by Crippen LogP contribution is 2.62. The molecule has 0 aromatic carbocycles. The molecular weight excluding hydrogens is 278 g/mol. The summed E-state index contributed by atoms with van der Waals surface area (Å²) in [6.45, 7) is 26.4. The number of epoxide rings is 1. The lowest BCUT2D eigenvalue weighted by Gasteiger charge is -2.00. The van der Waals surface area contributed by atoms with Crippen molar-refractivity contribution >= 4 is 11.8 Å². The van der Waals surface area contributed by atoms with Crippen LogP contribution in [0, 0.1) is 0 Å². The van der Waals surface area contributed by atoms with Crippen LogP contribution in [0.25, 0.3) is 0 Å². The molecule has 0 aromatic heterocycles. The average Bonchev–Trinajstić information content (AvgIpc) is 2.88. The van der Waals surface area contributed by atoms with Crippen molar-refractivity contribution in [1.82, 2.24) is 5.32 Å². The van der Waals surface area contributed by atoms with Crippen molar-refractivity contribution in [2.24, 2.45) is 0 Å². The number of hydrogen-bond acceptors (Lipinski definition) is 3. The molecule has 0 bridgehead atoms. The minimum atomic E-state index is 0.146. The summed E-state index contributed by atoms with van der Waals surface area (Å²) in [5.41, 5.74) is 1.08. The van der Waals surface area contributed by atoms with Crippen LogP contribution < -0.4 is 5.32 Å². The lowest BCUT2D eigenvalue weighted by molar-refractivity contribution is 0.296. The predicted octanol–water partition coefficient (Wildman–Crippen LogP) is 5.01. The zero-order valence-electron chi connectivity index (χ0n) is 16.3. The molecule has 0 spiro atoms. The Morgan fingerprint density at radius 3 is 0.714 bits per heavy atom. The number of thioether (sulfide) groups is 1. The molecule has 21 heavy (non-hydrogen) atoms. The molecule has 0 aromatic rings. The Morgan fingerprint density at radius 2 is 0.714 bits per heavy atom. The summed E-state index contributed by atoms with van der Waals surface area (Å²) in [5.74, 6) is 0. The van der Waals surface area contributed by atoms with Crippen molar-refractivity contribution in [3.8, 4) is 0 Å². The van der Waals surface area contributed by atoms with E-state index in [2.05, 4.69) is 100 Å². The Balaban J connectivity index is 0.000000157. The van der Waals surface area contributed by atoms with Gasteiger partial charge in [0, 0.05) is 20.6 Å². The van der Waals surface area contributed by atoms with Crippen molar-refractivity contribution in [2.45, 2.75) is 115 Å². The van der Waals surface area contributed by atoms with Gasteiger partial charge in [0.25, 0.3) is 0 Å². The van der Waals surface area contributed by atoms with Crippen molar-refractivity contribution in [3.05, 3.63) is 0 Å². The molecule has 0 amide bonds. The van der Waals surface area contributed by atoms with Crippen LogP contribution in [-0.2, 0) is 4.74 Å². The zero-order valence-corrected chi connectivity index (χ0v) is 17.1. The Bertz CT molecular complexity index is 308. The van der Waals surface area contributed by atoms with E-state index < -0.39 is 0 Å². The third-order valence-corrected chi connectivity index (χ3v) is 7.80. The second kappa shape index (κ2) is 4.88. The maximum absolute atomic E-state index is 5.29. The van der Waals surface area contributed by atoms with Gasteiger partial charge in [-0.15, -0.1) is 11.8 Å². The fraction of sp³-hybridized carbons (Fsp3) is 1.00. The molecular formula is C18H37NOS. The van der Waals surface area contributed by atoms with Crippen molar-refractivity contribution < 1.29 is 4.74 Å². The lowest BCUT2D eigenvalue weighted by Crippen LogP contribution is -2.10. The maximum atomic E-state index is 5.29. The number of hydrogen-bond donors (Lipinski definition) is 1. The van der Waals surface area contributed by atoms with Crippen LogP contribution in [0.5, 0.6) is 0 Å². The minimum Gasteiger partial charge on any atom is -0.364 e. The second-order valence-corrected chi connectivity index (χ2v) is 11.9. The minimum absolute atomic E-state index is 0.146. The highest BCUT2D eigenvalue weighted by molar-refractivity contribution is 8.09. The van der Waals surface area contributed by atoms with E-state index in [-0.39, 0.29) is 11.2 Å². The van der Waals surface area contributed by atoms with E-state index in [1.807, 2.05) is 0 Å². The van der Waals surface area contributed by atoms with Gasteiger partial charge in [-0.1, -0.05) is 0 Å². The molecule has 3 saturated heterocycles. The van der Waals surface area contributed by atoms with Gasteiger partial charge in [-0.05, 0) is 83.1 Å². The van der Waals surface area contributed by atoms with Gasteiger partial charge in [0.05, 0.1) is 11.2 Å². The van der Waals surface area contributed by atoms with E-state index in [1.54, 1.807) is 0 Å². The zero-order chi connectivity index (χ0) is 17.1. The van der Waals surface area contributed by atoms with Crippen LogP contribution in [0.1, 0.15) is 83.1 Å². The Kier molecular flexibility index (Phi) is 4.49. The Morgan fingerprint density at radius 1 is 0.571 bits per heavy atom. The smallest absolute Gasteiger partial charge is 0.0918 e. The monoisotopic (exact) mass is 315 g/mol. The van der Waals surface area contributed by atoms with Crippen LogP contribution in [0.2, 0.25) is 0 Å². The van der Waals surface area contributed by atoms with Gasteiger partial charge in [0.2, 0.25) is 0 Å². The number of nitrogens with one attached hydrogen (secondary N) is 1. The summed E-state index contributed by atoms with van der Waals surface area (Å²) in [6.07, 6.45) is 0. The molecule has 3 heteroatoms. The lowest BCUT2D eigenvalue weighted by atomic mass is 10.0. The van der Waals surface area contributed by atoms with Crippen molar-refractivity contribution in [3.63, 3.8) is 0 Å². The Hall–Kier alpha value is 0.270. The van der Waals surface area contributed by atoms with Gasteiger partial charge < -0.3 is 10.1 Å². The molecule has 3 heterocycles.